The van der Waals surface area contributed by atoms with E-state index in [1.807, 2.05) is 0 Å². The lowest BCUT2D eigenvalue weighted by molar-refractivity contribution is 0.159. The summed E-state index contributed by atoms with van der Waals surface area (Å²) in [5, 5.41) is 7.22. The molecule has 0 saturated carbocycles. The lowest BCUT2D eigenvalue weighted by atomic mass is 10.0. The molecule has 1 aromatic carbocycles. The van der Waals surface area contributed by atoms with Gasteiger partial charge in [-0.2, -0.15) is 0 Å². The minimum Gasteiger partial charge on any atom is -0.313 e. The molecule has 2 fully saturated rings. The van der Waals surface area contributed by atoms with E-state index in [1.165, 1.54) is 88.8 Å². The Bertz CT molecular complexity index is 524. The average Bonchev–Trinajstić information content (AvgIpc) is 2.74. The highest BCUT2D eigenvalue weighted by Crippen LogP contribution is 2.16. The van der Waals surface area contributed by atoms with Crippen molar-refractivity contribution in [3.8, 4) is 0 Å². The highest BCUT2D eigenvalue weighted by molar-refractivity contribution is 5.22. The number of nitrogens with zero attached hydrogens (tertiary/aromatic N) is 2. The topological polar surface area (TPSA) is 30.5 Å². The van der Waals surface area contributed by atoms with Crippen LogP contribution in [-0.2, 0) is 13.1 Å². The Kier molecular flexibility index (Phi) is 9.78. The van der Waals surface area contributed by atoms with Gasteiger partial charge in [0.25, 0.3) is 0 Å². The maximum Gasteiger partial charge on any atom is 0.0206 e. The lowest BCUT2D eigenvalue weighted by Gasteiger charge is -2.33. The molecular formula is C24H42N4. The number of likely N-dealkylation sites (tertiary alicyclic amines) is 2. The molecule has 2 aliphatic rings. The Balaban J connectivity index is 1.23. The standard InChI is InChI=1S/C24H42N4/c1-22-8-3-6-17-28(22)18-7-13-25-20-23-9-11-24(12-10-23)21-26-14-19-27-15-4-2-5-16-27/h9-12,22,25-26H,2-8,13-21H2,1H3. The summed E-state index contributed by atoms with van der Waals surface area (Å²) in [5.41, 5.74) is 2.78. The van der Waals surface area contributed by atoms with Gasteiger partial charge in [0.05, 0.1) is 0 Å². The second kappa shape index (κ2) is 12.6. The van der Waals surface area contributed by atoms with E-state index in [2.05, 4.69) is 51.6 Å². The van der Waals surface area contributed by atoms with E-state index in [1.54, 1.807) is 0 Å². The van der Waals surface area contributed by atoms with Crippen molar-refractivity contribution < 1.29 is 0 Å². The molecule has 2 heterocycles. The number of rotatable bonds is 11. The van der Waals surface area contributed by atoms with Gasteiger partial charge in [-0.25, -0.2) is 0 Å². The van der Waals surface area contributed by atoms with Crippen LogP contribution in [-0.4, -0.2) is 61.7 Å². The third kappa shape index (κ3) is 7.82. The molecule has 4 nitrogen and oxygen atoms in total. The highest BCUT2D eigenvalue weighted by atomic mass is 15.2. The van der Waals surface area contributed by atoms with Crippen LogP contribution in [0.3, 0.4) is 0 Å². The highest BCUT2D eigenvalue weighted by Gasteiger charge is 2.16. The first-order valence-corrected chi connectivity index (χ1v) is 11.8. The fourth-order valence-electron chi connectivity index (χ4n) is 4.56. The van der Waals surface area contributed by atoms with E-state index >= 15 is 0 Å². The Hall–Kier alpha value is -0.940. The van der Waals surface area contributed by atoms with E-state index < -0.39 is 0 Å². The largest absolute Gasteiger partial charge is 0.313 e. The van der Waals surface area contributed by atoms with Gasteiger partial charge >= 0.3 is 0 Å². The first-order chi connectivity index (χ1) is 13.8. The maximum absolute atomic E-state index is 3.62. The number of nitrogens with one attached hydrogen (secondary N) is 2. The van der Waals surface area contributed by atoms with Gasteiger partial charge in [0.2, 0.25) is 0 Å². The van der Waals surface area contributed by atoms with Gasteiger partial charge < -0.3 is 20.4 Å². The molecule has 2 saturated heterocycles. The predicted molar refractivity (Wildman–Crippen MR) is 120 cm³/mol. The summed E-state index contributed by atoms with van der Waals surface area (Å²) in [6.45, 7) is 12.9. The van der Waals surface area contributed by atoms with Crippen LogP contribution in [0, 0.1) is 0 Å². The van der Waals surface area contributed by atoms with Gasteiger partial charge in [0.1, 0.15) is 0 Å². The van der Waals surface area contributed by atoms with Crippen molar-refractivity contribution in [3.63, 3.8) is 0 Å². The van der Waals surface area contributed by atoms with Gasteiger partial charge in [-0.1, -0.05) is 37.1 Å². The van der Waals surface area contributed by atoms with Crippen LogP contribution in [0.15, 0.2) is 24.3 Å². The van der Waals surface area contributed by atoms with Crippen LogP contribution < -0.4 is 10.6 Å². The van der Waals surface area contributed by atoms with Crippen molar-refractivity contribution >= 4 is 0 Å². The molecule has 3 rings (SSSR count). The second-order valence-electron chi connectivity index (χ2n) is 8.81. The van der Waals surface area contributed by atoms with Crippen molar-refractivity contribution in [1.82, 2.24) is 20.4 Å². The zero-order valence-corrected chi connectivity index (χ0v) is 18.1. The van der Waals surface area contributed by atoms with Crippen LogP contribution in [0.4, 0.5) is 0 Å². The third-order valence-corrected chi connectivity index (χ3v) is 6.47. The Morgan fingerprint density at radius 2 is 1.43 bits per heavy atom. The fourth-order valence-corrected chi connectivity index (χ4v) is 4.56. The van der Waals surface area contributed by atoms with Crippen molar-refractivity contribution in [2.24, 2.45) is 0 Å². The Morgan fingerprint density at radius 1 is 0.786 bits per heavy atom. The molecule has 4 heteroatoms. The number of hydrogen-bond donors (Lipinski definition) is 2. The second-order valence-corrected chi connectivity index (χ2v) is 8.81. The summed E-state index contributed by atoms with van der Waals surface area (Å²) in [6.07, 6.45) is 9.62. The molecule has 1 aromatic rings. The summed E-state index contributed by atoms with van der Waals surface area (Å²) < 4.78 is 0. The van der Waals surface area contributed by atoms with Gasteiger partial charge in [0, 0.05) is 32.2 Å². The molecule has 0 radical (unpaired) electrons. The minimum atomic E-state index is 0.787. The summed E-state index contributed by atoms with van der Waals surface area (Å²) in [6, 6.07) is 9.90. The van der Waals surface area contributed by atoms with Crippen molar-refractivity contribution in [1.29, 1.82) is 0 Å². The molecule has 1 atom stereocenters. The van der Waals surface area contributed by atoms with Gasteiger partial charge in [-0.3, -0.25) is 0 Å². The molecule has 158 valence electrons. The van der Waals surface area contributed by atoms with E-state index in [4.69, 9.17) is 0 Å². The molecule has 1 unspecified atom stereocenters. The van der Waals surface area contributed by atoms with Crippen molar-refractivity contribution in [3.05, 3.63) is 35.4 Å². The maximum atomic E-state index is 3.62. The summed E-state index contributed by atoms with van der Waals surface area (Å²) >= 11 is 0. The van der Waals surface area contributed by atoms with Gasteiger partial charge in [-0.05, 0) is 82.9 Å². The number of benzene rings is 1. The van der Waals surface area contributed by atoms with E-state index in [-0.39, 0.29) is 0 Å². The Morgan fingerprint density at radius 3 is 2.11 bits per heavy atom. The molecule has 0 aromatic heterocycles. The predicted octanol–water partition coefficient (Wildman–Crippen LogP) is 3.62. The summed E-state index contributed by atoms with van der Waals surface area (Å²) in [4.78, 5) is 5.26. The molecule has 0 bridgehead atoms. The van der Waals surface area contributed by atoms with Crippen LogP contribution in [0.2, 0.25) is 0 Å². The first kappa shape index (κ1) is 21.8. The molecule has 0 aliphatic carbocycles. The van der Waals surface area contributed by atoms with E-state index in [9.17, 15) is 0 Å². The van der Waals surface area contributed by atoms with Crippen LogP contribution in [0.5, 0.6) is 0 Å². The van der Waals surface area contributed by atoms with Crippen LogP contribution in [0.1, 0.15) is 63.0 Å². The quantitative estimate of drug-likeness (QED) is 0.569. The molecule has 0 spiro atoms. The number of hydrogen-bond acceptors (Lipinski definition) is 4. The molecule has 0 amide bonds. The molecular weight excluding hydrogens is 344 g/mol. The monoisotopic (exact) mass is 386 g/mol. The van der Waals surface area contributed by atoms with Gasteiger partial charge in [0.15, 0.2) is 0 Å². The molecule has 28 heavy (non-hydrogen) atoms. The number of piperidine rings is 2. The smallest absolute Gasteiger partial charge is 0.0206 e. The molecule has 2 N–H and O–H groups in total. The third-order valence-electron chi connectivity index (χ3n) is 6.47. The van der Waals surface area contributed by atoms with Gasteiger partial charge in [-0.15, -0.1) is 0 Å². The average molecular weight is 387 g/mol. The van der Waals surface area contributed by atoms with E-state index in [0.29, 0.717) is 0 Å². The zero-order valence-electron chi connectivity index (χ0n) is 18.1. The zero-order chi connectivity index (χ0) is 19.4. The van der Waals surface area contributed by atoms with E-state index in [0.717, 1.165) is 32.2 Å². The lowest BCUT2D eigenvalue weighted by Crippen LogP contribution is -2.38. The van der Waals surface area contributed by atoms with Crippen LogP contribution >= 0.6 is 0 Å². The Labute approximate surface area is 173 Å². The fraction of sp³-hybridized carbons (Fsp3) is 0.750. The normalized spacial score (nSPS) is 21.8. The SMILES string of the molecule is CC1CCCCN1CCCNCc1ccc(CNCCN2CCCCC2)cc1. The van der Waals surface area contributed by atoms with Crippen molar-refractivity contribution in [2.45, 2.75) is 71.0 Å². The minimum absolute atomic E-state index is 0.787. The van der Waals surface area contributed by atoms with Crippen LogP contribution in [0.25, 0.3) is 0 Å². The summed E-state index contributed by atoms with van der Waals surface area (Å²) in [5.74, 6) is 0. The first-order valence-electron chi connectivity index (χ1n) is 11.8. The summed E-state index contributed by atoms with van der Waals surface area (Å²) in [7, 11) is 0. The molecule has 2 aliphatic heterocycles. The van der Waals surface area contributed by atoms with Crippen molar-refractivity contribution in [2.75, 3.05) is 45.8 Å².